The lowest BCUT2D eigenvalue weighted by atomic mass is 10.1. The Balaban J connectivity index is 1.68. The fourth-order valence-electron chi connectivity index (χ4n) is 3.77. The van der Waals surface area contributed by atoms with Crippen molar-refractivity contribution in [3.63, 3.8) is 0 Å². The van der Waals surface area contributed by atoms with Crippen LogP contribution >= 0.6 is 0 Å². The van der Waals surface area contributed by atoms with Crippen LogP contribution in [0.2, 0.25) is 0 Å². The van der Waals surface area contributed by atoms with Crippen LogP contribution in [0.5, 0.6) is 0 Å². The van der Waals surface area contributed by atoms with Gasteiger partial charge in [0.2, 0.25) is 5.95 Å². The first kappa shape index (κ1) is 22.9. The standard InChI is InChI=1S/C22H31N9O2/c1-5-12-8-14(9-13-10-31(22(2,3)4)30-17(12)13)25-20-18(19(24)32)28-29-21(27-20)26-16-6-7-33-11-15(16)23/h8-10,15-16H,5-7,11,23H2,1-4H3,(H2,24,32)(H2,25,26,27,29)/t15-,16+/m0/s1. The minimum absolute atomic E-state index is 0.0413. The number of benzene rings is 1. The fraction of sp³-hybridized carbons (Fsp3) is 0.500. The molecule has 0 radical (unpaired) electrons. The molecule has 33 heavy (non-hydrogen) atoms. The van der Waals surface area contributed by atoms with Crippen LogP contribution in [0.25, 0.3) is 10.9 Å². The maximum Gasteiger partial charge on any atom is 0.273 e. The monoisotopic (exact) mass is 453 g/mol. The van der Waals surface area contributed by atoms with Crippen LogP contribution in [0.15, 0.2) is 18.3 Å². The molecule has 4 rings (SSSR count). The maximum absolute atomic E-state index is 12.0. The van der Waals surface area contributed by atoms with Gasteiger partial charge in [-0.25, -0.2) is 0 Å². The van der Waals surface area contributed by atoms with Gasteiger partial charge < -0.3 is 26.8 Å². The summed E-state index contributed by atoms with van der Waals surface area (Å²) >= 11 is 0. The lowest BCUT2D eigenvalue weighted by Crippen LogP contribution is -2.48. The minimum Gasteiger partial charge on any atom is -0.380 e. The molecule has 0 bridgehead atoms. The summed E-state index contributed by atoms with van der Waals surface area (Å²) in [7, 11) is 0. The molecule has 1 aliphatic heterocycles. The zero-order valence-corrected chi connectivity index (χ0v) is 19.4. The highest BCUT2D eigenvalue weighted by Crippen LogP contribution is 2.28. The number of ether oxygens (including phenoxy) is 1. The van der Waals surface area contributed by atoms with E-state index in [-0.39, 0.29) is 35.1 Å². The van der Waals surface area contributed by atoms with Crippen LogP contribution in [0, 0.1) is 0 Å². The minimum atomic E-state index is -0.718. The third-order valence-electron chi connectivity index (χ3n) is 5.65. The summed E-state index contributed by atoms with van der Waals surface area (Å²) in [6, 6.07) is 3.72. The number of carbonyl (C=O) groups excluding carboxylic acids is 1. The largest absolute Gasteiger partial charge is 0.380 e. The van der Waals surface area contributed by atoms with Crippen molar-refractivity contribution in [3.8, 4) is 0 Å². The molecule has 0 saturated carbocycles. The van der Waals surface area contributed by atoms with Crippen molar-refractivity contribution in [2.45, 2.75) is 58.2 Å². The maximum atomic E-state index is 12.0. The van der Waals surface area contributed by atoms with Gasteiger partial charge in [-0.2, -0.15) is 10.1 Å². The number of nitrogens with zero attached hydrogens (tertiary/aromatic N) is 5. The second-order valence-corrected chi connectivity index (χ2v) is 9.27. The van der Waals surface area contributed by atoms with Crippen molar-refractivity contribution in [1.29, 1.82) is 0 Å². The van der Waals surface area contributed by atoms with E-state index in [0.717, 1.165) is 35.0 Å². The topological polar surface area (TPSA) is 159 Å². The molecule has 11 nitrogen and oxygen atoms in total. The second kappa shape index (κ2) is 8.91. The number of fused-ring (bicyclic) bond motifs is 1. The third-order valence-corrected chi connectivity index (χ3v) is 5.65. The lowest BCUT2D eigenvalue weighted by Gasteiger charge is -2.29. The Labute approximate surface area is 192 Å². The number of rotatable bonds is 6. The molecule has 176 valence electrons. The van der Waals surface area contributed by atoms with Crippen molar-refractivity contribution in [2.75, 3.05) is 23.8 Å². The Morgan fingerprint density at radius 3 is 2.76 bits per heavy atom. The van der Waals surface area contributed by atoms with Gasteiger partial charge in [-0.05, 0) is 51.3 Å². The van der Waals surface area contributed by atoms with Crippen LogP contribution in [-0.4, -0.2) is 56.2 Å². The predicted molar refractivity (Wildman–Crippen MR) is 127 cm³/mol. The van der Waals surface area contributed by atoms with E-state index in [1.54, 1.807) is 0 Å². The Morgan fingerprint density at radius 1 is 1.30 bits per heavy atom. The highest BCUT2D eigenvalue weighted by Gasteiger charge is 2.24. The Bertz CT molecular complexity index is 1170. The van der Waals surface area contributed by atoms with E-state index >= 15 is 0 Å². The highest BCUT2D eigenvalue weighted by molar-refractivity contribution is 5.96. The molecule has 1 saturated heterocycles. The summed E-state index contributed by atoms with van der Waals surface area (Å²) in [6.45, 7) is 9.45. The summed E-state index contributed by atoms with van der Waals surface area (Å²) in [5, 5.41) is 20.2. The third kappa shape index (κ3) is 4.88. The molecular formula is C22H31N9O2. The van der Waals surface area contributed by atoms with E-state index in [4.69, 9.17) is 21.3 Å². The van der Waals surface area contributed by atoms with E-state index in [1.807, 2.05) is 23.0 Å². The lowest BCUT2D eigenvalue weighted by molar-refractivity contribution is 0.0751. The number of carbonyl (C=O) groups is 1. The van der Waals surface area contributed by atoms with Crippen LogP contribution in [0.4, 0.5) is 17.5 Å². The smallest absolute Gasteiger partial charge is 0.273 e. The van der Waals surface area contributed by atoms with Crippen molar-refractivity contribution in [1.82, 2.24) is 25.0 Å². The molecule has 6 N–H and O–H groups in total. The summed E-state index contributed by atoms with van der Waals surface area (Å²) in [5.74, 6) is -0.225. The number of hydrogen-bond donors (Lipinski definition) is 4. The van der Waals surface area contributed by atoms with Gasteiger partial charge in [-0.15, -0.1) is 10.2 Å². The van der Waals surface area contributed by atoms with Gasteiger partial charge in [0.25, 0.3) is 5.91 Å². The van der Waals surface area contributed by atoms with Gasteiger partial charge in [0.15, 0.2) is 11.5 Å². The quantitative estimate of drug-likeness (QED) is 0.437. The van der Waals surface area contributed by atoms with Crippen molar-refractivity contribution in [3.05, 3.63) is 29.6 Å². The van der Waals surface area contributed by atoms with E-state index in [0.29, 0.717) is 13.2 Å². The van der Waals surface area contributed by atoms with Crippen LogP contribution < -0.4 is 22.1 Å². The van der Waals surface area contributed by atoms with Crippen molar-refractivity contribution in [2.24, 2.45) is 11.5 Å². The van der Waals surface area contributed by atoms with Crippen LogP contribution in [0.1, 0.15) is 50.2 Å². The van der Waals surface area contributed by atoms with E-state index in [1.165, 1.54) is 0 Å². The molecule has 2 atom stereocenters. The van der Waals surface area contributed by atoms with Gasteiger partial charge in [-0.1, -0.05) is 6.92 Å². The number of hydrogen-bond acceptors (Lipinski definition) is 9. The fourth-order valence-corrected chi connectivity index (χ4v) is 3.77. The average Bonchev–Trinajstić information content (AvgIpc) is 3.19. The van der Waals surface area contributed by atoms with Gasteiger partial charge in [0.05, 0.1) is 17.7 Å². The Kier molecular flexibility index (Phi) is 6.17. The Morgan fingerprint density at radius 2 is 2.09 bits per heavy atom. The van der Waals surface area contributed by atoms with Crippen molar-refractivity contribution >= 4 is 34.3 Å². The number of anilines is 3. The normalized spacial score (nSPS) is 18.9. The molecule has 0 spiro atoms. The molecule has 11 heteroatoms. The molecule has 1 amide bonds. The summed E-state index contributed by atoms with van der Waals surface area (Å²) in [4.78, 5) is 16.5. The molecule has 1 aromatic carbocycles. The summed E-state index contributed by atoms with van der Waals surface area (Å²) < 4.78 is 7.34. The first-order valence-corrected chi connectivity index (χ1v) is 11.1. The number of amides is 1. The molecule has 1 fully saturated rings. The molecule has 2 aromatic heterocycles. The number of primary amides is 1. The molecule has 0 aliphatic carbocycles. The SMILES string of the molecule is CCc1cc(Nc2nc(N[C@@H]3CCOC[C@@H]3N)nnc2C(N)=O)cc2cn(C(C)(C)C)nc12. The van der Waals surface area contributed by atoms with E-state index in [9.17, 15) is 4.79 Å². The van der Waals surface area contributed by atoms with Gasteiger partial charge in [-0.3, -0.25) is 9.48 Å². The van der Waals surface area contributed by atoms with Crippen LogP contribution in [-0.2, 0) is 16.7 Å². The molecule has 3 aromatic rings. The number of nitrogens with two attached hydrogens (primary N) is 2. The van der Waals surface area contributed by atoms with E-state index in [2.05, 4.69) is 53.5 Å². The first-order chi connectivity index (χ1) is 15.7. The first-order valence-electron chi connectivity index (χ1n) is 11.1. The summed E-state index contributed by atoms with van der Waals surface area (Å²) in [5.41, 5.74) is 14.3. The number of aryl methyl sites for hydroxylation is 1. The van der Waals surface area contributed by atoms with Gasteiger partial charge in [0, 0.05) is 36.0 Å². The predicted octanol–water partition coefficient (Wildman–Crippen LogP) is 1.91. The number of nitrogens with one attached hydrogen (secondary N) is 2. The average molecular weight is 454 g/mol. The second-order valence-electron chi connectivity index (χ2n) is 9.27. The highest BCUT2D eigenvalue weighted by atomic mass is 16.5. The zero-order chi connectivity index (χ0) is 23.8. The van der Waals surface area contributed by atoms with Gasteiger partial charge >= 0.3 is 0 Å². The number of aromatic nitrogens is 5. The summed E-state index contributed by atoms with van der Waals surface area (Å²) in [6.07, 6.45) is 3.54. The van der Waals surface area contributed by atoms with Crippen molar-refractivity contribution < 1.29 is 9.53 Å². The molecular weight excluding hydrogens is 422 g/mol. The molecule has 1 aliphatic rings. The molecule has 0 unspecified atom stereocenters. The van der Waals surface area contributed by atoms with Crippen LogP contribution in [0.3, 0.4) is 0 Å². The van der Waals surface area contributed by atoms with E-state index < -0.39 is 5.91 Å². The zero-order valence-electron chi connectivity index (χ0n) is 19.4. The Hall–Kier alpha value is -3.31. The van der Waals surface area contributed by atoms with Gasteiger partial charge in [0.1, 0.15) is 0 Å². The molecule has 3 heterocycles.